The first kappa shape index (κ1) is 25.8. The van der Waals surface area contributed by atoms with Gasteiger partial charge in [-0.2, -0.15) is 4.72 Å². The van der Waals surface area contributed by atoms with E-state index in [0.717, 1.165) is 5.56 Å². The fraction of sp³-hybridized carbons (Fsp3) is 0.318. The molecule has 0 bridgehead atoms. The minimum Gasteiger partial charge on any atom is -0.486 e. The second-order valence-corrected chi connectivity index (χ2v) is 9.62. The summed E-state index contributed by atoms with van der Waals surface area (Å²) in [5.74, 6) is -1.08. The molecule has 188 valence electrons. The molecule has 0 saturated heterocycles. The Morgan fingerprint density at radius 3 is 2.54 bits per heavy atom. The molecule has 3 rings (SSSR count). The molecule has 7 N–H and O–H groups in total. The van der Waals surface area contributed by atoms with E-state index in [-0.39, 0.29) is 42.9 Å². The SMILES string of the molecule is Cc1ccc(S(=O)(=O)NC(Cc2ccc3c(c2)OCC(CNC(=O)CN=C(N)N)O3)C(=O)O)cc1. The summed E-state index contributed by atoms with van der Waals surface area (Å²) in [7, 11) is -4.03. The summed E-state index contributed by atoms with van der Waals surface area (Å²) in [6.45, 7) is 1.93. The number of guanidine groups is 1. The summed E-state index contributed by atoms with van der Waals surface area (Å²) in [6.07, 6.45) is -0.564. The first-order valence-corrected chi connectivity index (χ1v) is 12.1. The summed E-state index contributed by atoms with van der Waals surface area (Å²) < 4.78 is 39.0. The third kappa shape index (κ3) is 7.32. The molecule has 1 amide bonds. The number of amides is 1. The summed E-state index contributed by atoms with van der Waals surface area (Å²) in [4.78, 5) is 27.1. The smallest absolute Gasteiger partial charge is 0.322 e. The highest BCUT2D eigenvalue weighted by Crippen LogP contribution is 2.33. The average molecular weight is 506 g/mol. The zero-order chi connectivity index (χ0) is 25.6. The van der Waals surface area contributed by atoms with E-state index in [0.29, 0.717) is 17.1 Å². The van der Waals surface area contributed by atoms with Gasteiger partial charge in [0.2, 0.25) is 15.9 Å². The number of carbonyl (C=O) groups excluding carboxylic acids is 1. The fourth-order valence-electron chi connectivity index (χ4n) is 3.22. The van der Waals surface area contributed by atoms with E-state index in [2.05, 4.69) is 15.0 Å². The Kier molecular flexibility index (Phi) is 8.14. The molecule has 0 aliphatic carbocycles. The Morgan fingerprint density at radius 1 is 1.17 bits per heavy atom. The third-order valence-corrected chi connectivity index (χ3v) is 6.51. The Hall–Kier alpha value is -3.84. The summed E-state index contributed by atoms with van der Waals surface area (Å²) in [5.41, 5.74) is 11.8. The molecule has 2 aromatic carbocycles. The molecular weight excluding hydrogens is 478 g/mol. The number of benzene rings is 2. The molecule has 2 atom stereocenters. The van der Waals surface area contributed by atoms with Crippen LogP contribution >= 0.6 is 0 Å². The number of carbonyl (C=O) groups is 2. The maximum atomic E-state index is 12.6. The number of aryl methyl sites for hydroxylation is 1. The second kappa shape index (κ2) is 11.1. The molecule has 0 aromatic heterocycles. The first-order valence-electron chi connectivity index (χ1n) is 10.6. The zero-order valence-corrected chi connectivity index (χ0v) is 19.7. The molecule has 13 heteroatoms. The average Bonchev–Trinajstić information content (AvgIpc) is 2.81. The summed E-state index contributed by atoms with van der Waals surface area (Å²) in [6, 6.07) is 9.53. The normalized spacial score (nSPS) is 15.6. The van der Waals surface area contributed by atoms with Gasteiger partial charge in [-0.15, -0.1) is 0 Å². The standard InChI is InChI=1S/C22H27N5O7S/c1-13-2-5-16(6-3-13)35(31,32)27-17(21(29)30)8-14-4-7-18-19(9-14)33-12-15(34-18)10-25-20(28)11-26-22(23)24/h2-7,9,15,17,27H,8,10-12H2,1H3,(H,25,28)(H,29,30)(H4,23,24,26). The van der Waals surface area contributed by atoms with Gasteiger partial charge in [-0.25, -0.2) is 13.4 Å². The van der Waals surface area contributed by atoms with Gasteiger partial charge in [0.25, 0.3) is 0 Å². The highest BCUT2D eigenvalue weighted by molar-refractivity contribution is 7.89. The van der Waals surface area contributed by atoms with Crippen molar-refractivity contribution in [1.82, 2.24) is 10.0 Å². The number of fused-ring (bicyclic) bond motifs is 1. The number of ether oxygens (including phenoxy) is 2. The number of nitrogens with one attached hydrogen (secondary N) is 2. The van der Waals surface area contributed by atoms with Crippen molar-refractivity contribution in [3.63, 3.8) is 0 Å². The topological polar surface area (TPSA) is 195 Å². The van der Waals surface area contributed by atoms with E-state index in [1.807, 2.05) is 6.92 Å². The molecule has 0 fully saturated rings. The van der Waals surface area contributed by atoms with Gasteiger partial charge >= 0.3 is 5.97 Å². The molecule has 2 aromatic rings. The van der Waals surface area contributed by atoms with Crippen LogP contribution in [0.4, 0.5) is 0 Å². The van der Waals surface area contributed by atoms with E-state index < -0.39 is 28.1 Å². The maximum Gasteiger partial charge on any atom is 0.322 e. The predicted octanol–water partition coefficient (Wildman–Crippen LogP) is -0.501. The van der Waals surface area contributed by atoms with Crippen molar-refractivity contribution < 1.29 is 32.6 Å². The second-order valence-electron chi connectivity index (χ2n) is 7.91. The molecule has 0 spiro atoms. The maximum absolute atomic E-state index is 12.6. The Balaban J connectivity index is 1.62. The van der Waals surface area contributed by atoms with Crippen LogP contribution in [-0.2, 0) is 26.0 Å². The van der Waals surface area contributed by atoms with Crippen molar-refractivity contribution in [1.29, 1.82) is 0 Å². The fourth-order valence-corrected chi connectivity index (χ4v) is 4.41. The lowest BCUT2D eigenvalue weighted by atomic mass is 10.1. The Morgan fingerprint density at radius 2 is 1.89 bits per heavy atom. The highest BCUT2D eigenvalue weighted by atomic mass is 32.2. The van der Waals surface area contributed by atoms with Gasteiger partial charge in [0.05, 0.1) is 11.4 Å². The van der Waals surface area contributed by atoms with Gasteiger partial charge in [-0.3, -0.25) is 9.59 Å². The van der Waals surface area contributed by atoms with Crippen LogP contribution in [0.2, 0.25) is 0 Å². The van der Waals surface area contributed by atoms with E-state index in [9.17, 15) is 23.1 Å². The first-order chi connectivity index (χ1) is 16.5. The van der Waals surface area contributed by atoms with Crippen molar-refractivity contribution in [2.75, 3.05) is 19.7 Å². The van der Waals surface area contributed by atoms with Crippen molar-refractivity contribution >= 4 is 27.9 Å². The number of carboxylic acids is 1. The van der Waals surface area contributed by atoms with E-state index in [4.69, 9.17) is 20.9 Å². The van der Waals surface area contributed by atoms with Crippen LogP contribution in [0.3, 0.4) is 0 Å². The lowest BCUT2D eigenvalue weighted by molar-refractivity contribution is -0.139. The van der Waals surface area contributed by atoms with E-state index >= 15 is 0 Å². The Labute approximate surface area is 202 Å². The number of nitrogens with zero attached hydrogens (tertiary/aromatic N) is 1. The zero-order valence-electron chi connectivity index (χ0n) is 18.9. The number of carboxylic acid groups (broad SMARTS) is 1. The molecule has 2 unspecified atom stereocenters. The van der Waals surface area contributed by atoms with Gasteiger partial charge in [-0.1, -0.05) is 23.8 Å². The van der Waals surface area contributed by atoms with Crippen LogP contribution < -0.4 is 31.0 Å². The molecule has 1 aliphatic rings. The third-order valence-electron chi connectivity index (χ3n) is 5.03. The quantitative estimate of drug-likeness (QED) is 0.209. The van der Waals surface area contributed by atoms with E-state index in [1.165, 1.54) is 12.1 Å². The molecule has 12 nitrogen and oxygen atoms in total. The predicted molar refractivity (Wildman–Crippen MR) is 127 cm³/mol. The number of nitrogens with two attached hydrogens (primary N) is 2. The minimum absolute atomic E-state index is 0.0204. The number of rotatable bonds is 10. The number of aliphatic imine (C=N–C) groups is 1. The van der Waals surface area contributed by atoms with Gasteiger partial charge in [-0.05, 0) is 43.2 Å². The minimum atomic E-state index is -4.03. The monoisotopic (exact) mass is 505 g/mol. The van der Waals surface area contributed by atoms with Gasteiger partial charge in [0.15, 0.2) is 17.5 Å². The molecule has 35 heavy (non-hydrogen) atoms. The largest absolute Gasteiger partial charge is 0.486 e. The number of sulfonamides is 1. The van der Waals surface area contributed by atoms with Gasteiger partial charge < -0.3 is 31.4 Å². The van der Waals surface area contributed by atoms with Crippen LogP contribution in [0.15, 0.2) is 52.4 Å². The highest BCUT2D eigenvalue weighted by Gasteiger charge is 2.27. The number of hydrogen-bond acceptors (Lipinski definition) is 7. The van der Waals surface area contributed by atoms with Gasteiger partial charge in [0, 0.05) is 0 Å². The molecule has 0 radical (unpaired) electrons. The molecule has 1 aliphatic heterocycles. The van der Waals surface area contributed by atoms with Crippen molar-refractivity contribution in [2.45, 2.75) is 30.4 Å². The number of hydrogen-bond donors (Lipinski definition) is 5. The lowest BCUT2D eigenvalue weighted by Gasteiger charge is -2.27. The van der Waals surface area contributed by atoms with Crippen LogP contribution in [-0.4, -0.2) is 63.2 Å². The molecule has 1 heterocycles. The Bertz CT molecular complexity index is 1210. The van der Waals surface area contributed by atoms with E-state index in [1.54, 1.807) is 30.3 Å². The number of aliphatic carboxylic acids is 1. The van der Waals surface area contributed by atoms with Crippen molar-refractivity contribution in [2.24, 2.45) is 16.5 Å². The van der Waals surface area contributed by atoms with Crippen LogP contribution in [0.5, 0.6) is 11.5 Å². The van der Waals surface area contributed by atoms with Crippen molar-refractivity contribution in [3.8, 4) is 11.5 Å². The molecular formula is C22H27N5O7S. The van der Waals surface area contributed by atoms with Crippen LogP contribution in [0.25, 0.3) is 0 Å². The summed E-state index contributed by atoms with van der Waals surface area (Å²) >= 11 is 0. The molecule has 0 saturated carbocycles. The van der Waals surface area contributed by atoms with Crippen LogP contribution in [0.1, 0.15) is 11.1 Å². The van der Waals surface area contributed by atoms with Crippen molar-refractivity contribution in [3.05, 3.63) is 53.6 Å². The lowest BCUT2D eigenvalue weighted by Crippen LogP contribution is -2.42. The summed E-state index contributed by atoms with van der Waals surface area (Å²) in [5, 5.41) is 12.2. The van der Waals surface area contributed by atoms with Gasteiger partial charge in [0.1, 0.15) is 25.3 Å². The van der Waals surface area contributed by atoms with Crippen LogP contribution in [0, 0.1) is 6.92 Å².